The van der Waals surface area contributed by atoms with Crippen molar-refractivity contribution in [3.8, 4) is 6.07 Å². The first-order valence-electron chi connectivity index (χ1n) is 6.83. The molecule has 0 spiro atoms. The minimum Gasteiger partial charge on any atom is -0.375 e. The van der Waals surface area contributed by atoms with E-state index in [9.17, 15) is 0 Å². The summed E-state index contributed by atoms with van der Waals surface area (Å²) < 4.78 is 5.78. The summed E-state index contributed by atoms with van der Waals surface area (Å²) >= 11 is 0. The van der Waals surface area contributed by atoms with E-state index in [-0.39, 0.29) is 6.04 Å². The first-order chi connectivity index (χ1) is 8.35. The molecule has 1 heterocycles. The number of morpholine rings is 1. The third kappa shape index (κ3) is 3.19. The van der Waals surface area contributed by atoms with Gasteiger partial charge in [0, 0.05) is 19.1 Å². The van der Waals surface area contributed by atoms with Crippen molar-refractivity contribution in [3.63, 3.8) is 0 Å². The van der Waals surface area contributed by atoms with Gasteiger partial charge in [-0.2, -0.15) is 5.26 Å². The maximum absolute atomic E-state index is 9.15. The first kappa shape index (κ1) is 12.8. The Labute approximate surface area is 104 Å². The van der Waals surface area contributed by atoms with Crippen molar-refractivity contribution in [2.24, 2.45) is 0 Å². The van der Waals surface area contributed by atoms with Gasteiger partial charge in [0.2, 0.25) is 0 Å². The van der Waals surface area contributed by atoms with Crippen molar-refractivity contribution in [2.75, 3.05) is 26.2 Å². The van der Waals surface area contributed by atoms with E-state index in [1.165, 1.54) is 19.3 Å². The van der Waals surface area contributed by atoms with Crippen molar-refractivity contribution >= 4 is 0 Å². The highest BCUT2D eigenvalue weighted by molar-refractivity contribution is 4.96. The van der Waals surface area contributed by atoms with E-state index in [1.54, 1.807) is 0 Å². The smallest absolute Gasteiger partial charge is 0.108 e. The molecule has 2 aliphatic rings. The van der Waals surface area contributed by atoms with Crippen LogP contribution in [0.4, 0.5) is 0 Å². The molecule has 1 saturated heterocycles. The fourth-order valence-corrected chi connectivity index (χ4v) is 2.94. The fraction of sp³-hybridized carbons (Fsp3) is 0.923. The highest BCUT2D eigenvalue weighted by Gasteiger charge is 2.36. The zero-order valence-corrected chi connectivity index (χ0v) is 10.7. The van der Waals surface area contributed by atoms with Crippen LogP contribution >= 0.6 is 0 Å². The largest absolute Gasteiger partial charge is 0.375 e. The zero-order chi connectivity index (χ0) is 12.1. The van der Waals surface area contributed by atoms with E-state index >= 15 is 0 Å². The summed E-state index contributed by atoms with van der Waals surface area (Å²) in [5.74, 6) is 0. The van der Waals surface area contributed by atoms with Crippen molar-refractivity contribution in [2.45, 2.75) is 50.8 Å². The number of rotatable bonds is 5. The van der Waals surface area contributed by atoms with Crippen LogP contribution in [0.1, 0.15) is 32.6 Å². The van der Waals surface area contributed by atoms with Crippen molar-refractivity contribution in [1.29, 1.82) is 5.26 Å². The lowest BCUT2D eigenvalue weighted by molar-refractivity contribution is -0.0566. The van der Waals surface area contributed by atoms with Crippen molar-refractivity contribution in [3.05, 3.63) is 0 Å². The second-order valence-electron chi connectivity index (χ2n) is 5.04. The van der Waals surface area contributed by atoms with Gasteiger partial charge in [-0.15, -0.1) is 0 Å². The molecule has 3 unspecified atom stereocenters. The maximum atomic E-state index is 9.15. The molecule has 1 aliphatic carbocycles. The Morgan fingerprint density at radius 3 is 3.18 bits per heavy atom. The molecule has 1 aliphatic heterocycles. The van der Waals surface area contributed by atoms with Crippen LogP contribution in [0, 0.1) is 11.3 Å². The Morgan fingerprint density at radius 2 is 2.41 bits per heavy atom. The third-order valence-electron chi connectivity index (χ3n) is 3.81. The number of nitriles is 1. The predicted octanol–water partition coefficient (Wildman–Crippen LogP) is 1.13. The molecular formula is C13H23N3O. The molecule has 96 valence electrons. The molecule has 2 fully saturated rings. The van der Waals surface area contributed by atoms with Gasteiger partial charge in [0.05, 0.1) is 18.8 Å². The number of hydrogen-bond donors (Lipinski definition) is 1. The van der Waals surface area contributed by atoms with Crippen LogP contribution in [-0.2, 0) is 4.74 Å². The topological polar surface area (TPSA) is 48.3 Å². The predicted molar refractivity (Wildman–Crippen MR) is 66.6 cm³/mol. The molecule has 0 bridgehead atoms. The van der Waals surface area contributed by atoms with Crippen LogP contribution in [0.2, 0.25) is 0 Å². The van der Waals surface area contributed by atoms with Crippen molar-refractivity contribution in [1.82, 2.24) is 10.2 Å². The van der Waals surface area contributed by atoms with Crippen LogP contribution in [0.15, 0.2) is 0 Å². The van der Waals surface area contributed by atoms with Gasteiger partial charge >= 0.3 is 0 Å². The van der Waals surface area contributed by atoms with E-state index in [1.807, 2.05) is 0 Å². The van der Waals surface area contributed by atoms with Gasteiger partial charge in [-0.1, -0.05) is 6.92 Å². The van der Waals surface area contributed by atoms with Crippen LogP contribution in [0.3, 0.4) is 0 Å². The third-order valence-corrected chi connectivity index (χ3v) is 3.81. The molecular weight excluding hydrogens is 214 g/mol. The van der Waals surface area contributed by atoms with Gasteiger partial charge in [-0.05, 0) is 32.2 Å². The molecule has 0 aromatic rings. The number of ether oxygens (including phenoxy) is 1. The normalized spacial score (nSPS) is 30.8. The van der Waals surface area contributed by atoms with E-state index < -0.39 is 0 Å². The van der Waals surface area contributed by atoms with Gasteiger partial charge in [0.15, 0.2) is 0 Å². The van der Waals surface area contributed by atoms with Gasteiger partial charge in [0.1, 0.15) is 6.04 Å². The second kappa shape index (κ2) is 6.34. The number of nitrogens with zero attached hydrogens (tertiary/aromatic N) is 2. The summed E-state index contributed by atoms with van der Waals surface area (Å²) in [4.78, 5) is 2.46. The van der Waals surface area contributed by atoms with Crippen LogP contribution in [0.25, 0.3) is 0 Å². The maximum Gasteiger partial charge on any atom is 0.108 e. The van der Waals surface area contributed by atoms with E-state index in [0.717, 1.165) is 32.7 Å². The summed E-state index contributed by atoms with van der Waals surface area (Å²) in [7, 11) is 0. The van der Waals surface area contributed by atoms with Gasteiger partial charge in [-0.3, -0.25) is 4.90 Å². The summed E-state index contributed by atoms with van der Waals surface area (Å²) in [5.41, 5.74) is 0. The lowest BCUT2D eigenvalue weighted by Crippen LogP contribution is -2.52. The highest BCUT2D eigenvalue weighted by Crippen LogP contribution is 2.29. The molecule has 0 amide bonds. The number of fused-ring (bicyclic) bond motifs is 1. The molecule has 2 rings (SSSR count). The Bertz CT molecular complexity index is 276. The van der Waals surface area contributed by atoms with Gasteiger partial charge < -0.3 is 10.1 Å². The Morgan fingerprint density at radius 1 is 1.53 bits per heavy atom. The zero-order valence-electron chi connectivity index (χ0n) is 10.7. The Hall–Kier alpha value is -0.630. The van der Waals surface area contributed by atoms with Gasteiger partial charge in [0.25, 0.3) is 0 Å². The average Bonchev–Trinajstić information content (AvgIpc) is 2.83. The van der Waals surface area contributed by atoms with Gasteiger partial charge in [-0.25, -0.2) is 0 Å². The molecule has 0 aromatic heterocycles. The summed E-state index contributed by atoms with van der Waals surface area (Å²) in [6, 6.07) is 2.90. The van der Waals surface area contributed by atoms with Crippen LogP contribution in [0.5, 0.6) is 0 Å². The minimum atomic E-state index is -0.0331. The average molecular weight is 237 g/mol. The summed E-state index contributed by atoms with van der Waals surface area (Å²) in [5, 5.41) is 12.5. The second-order valence-corrected chi connectivity index (χ2v) is 5.04. The van der Waals surface area contributed by atoms with E-state index in [2.05, 4.69) is 23.2 Å². The number of nitrogens with one attached hydrogen (secondary N) is 1. The molecule has 1 saturated carbocycles. The van der Waals surface area contributed by atoms with Crippen LogP contribution in [-0.4, -0.2) is 49.3 Å². The fourth-order valence-electron chi connectivity index (χ4n) is 2.94. The monoisotopic (exact) mass is 237 g/mol. The summed E-state index contributed by atoms with van der Waals surface area (Å²) in [6.07, 6.45) is 5.20. The quantitative estimate of drug-likeness (QED) is 0.779. The van der Waals surface area contributed by atoms with Crippen LogP contribution < -0.4 is 5.32 Å². The molecule has 4 nitrogen and oxygen atoms in total. The molecule has 17 heavy (non-hydrogen) atoms. The van der Waals surface area contributed by atoms with E-state index in [4.69, 9.17) is 10.00 Å². The number of hydrogen-bond acceptors (Lipinski definition) is 4. The SMILES string of the molecule is CCCNC(C#N)CN1CCOC2CCCC21. The lowest BCUT2D eigenvalue weighted by Gasteiger charge is -2.38. The minimum absolute atomic E-state index is 0.0331. The highest BCUT2D eigenvalue weighted by atomic mass is 16.5. The lowest BCUT2D eigenvalue weighted by atomic mass is 10.1. The Kier molecular flexibility index (Phi) is 4.78. The molecule has 3 atom stereocenters. The molecule has 4 heteroatoms. The van der Waals surface area contributed by atoms with Crippen molar-refractivity contribution < 1.29 is 4.74 Å². The molecule has 0 aromatic carbocycles. The summed E-state index contributed by atoms with van der Waals surface area (Å²) in [6.45, 7) is 5.71. The first-order valence-corrected chi connectivity index (χ1v) is 6.83. The molecule has 0 radical (unpaired) electrons. The standard InChI is InChI=1S/C13H23N3O/c1-2-6-15-11(9-14)10-16-7-8-17-13-5-3-4-12(13)16/h11-13,15H,2-8,10H2,1H3. The van der Waals surface area contributed by atoms with E-state index in [0.29, 0.717) is 12.1 Å². The molecule has 1 N–H and O–H groups in total. The Balaban J connectivity index is 1.86.